The van der Waals surface area contributed by atoms with E-state index in [1.807, 2.05) is 0 Å². The monoisotopic (exact) mass is 328 g/mol. The number of hydrogen-bond acceptors (Lipinski definition) is 4. The third-order valence-corrected chi connectivity index (χ3v) is 4.28. The molecule has 1 aromatic heterocycles. The van der Waals surface area contributed by atoms with Crippen LogP contribution in [0.3, 0.4) is 0 Å². The molecule has 24 heavy (non-hydrogen) atoms. The molecular formula is C18H21FN4O. The van der Waals surface area contributed by atoms with Crippen LogP contribution in [-0.4, -0.2) is 30.0 Å². The standard InChI is InChI=1S/C18H21FN4O/c1-12-11-20-10-8-15(12)23-18(24)13-5-4-9-21-17(13)22-16-7-3-2-6-14(16)19/h2-7,9,12,15,20H,8,10-11H2,1H3,(H,21,22)(H,23,24). The highest BCUT2D eigenvalue weighted by atomic mass is 19.1. The van der Waals surface area contributed by atoms with Gasteiger partial charge in [-0.1, -0.05) is 19.1 Å². The Hall–Kier alpha value is -2.47. The molecule has 1 aliphatic rings. The molecule has 1 amide bonds. The van der Waals surface area contributed by atoms with Gasteiger partial charge in [0, 0.05) is 12.2 Å². The predicted molar refractivity (Wildman–Crippen MR) is 91.8 cm³/mol. The molecule has 1 fully saturated rings. The van der Waals surface area contributed by atoms with Crippen LogP contribution in [0.15, 0.2) is 42.6 Å². The molecule has 1 saturated heterocycles. The van der Waals surface area contributed by atoms with E-state index in [-0.39, 0.29) is 17.8 Å². The Kier molecular flexibility index (Phi) is 5.05. The van der Waals surface area contributed by atoms with Crippen molar-refractivity contribution in [1.29, 1.82) is 0 Å². The van der Waals surface area contributed by atoms with Crippen LogP contribution < -0.4 is 16.0 Å². The van der Waals surface area contributed by atoms with Crippen LogP contribution in [-0.2, 0) is 0 Å². The maximum Gasteiger partial charge on any atom is 0.255 e. The van der Waals surface area contributed by atoms with Crippen LogP contribution in [0.25, 0.3) is 0 Å². The zero-order valence-corrected chi connectivity index (χ0v) is 13.6. The van der Waals surface area contributed by atoms with E-state index in [4.69, 9.17) is 0 Å². The zero-order chi connectivity index (χ0) is 16.9. The topological polar surface area (TPSA) is 66.0 Å². The lowest BCUT2D eigenvalue weighted by Gasteiger charge is -2.30. The highest BCUT2D eigenvalue weighted by Gasteiger charge is 2.24. The van der Waals surface area contributed by atoms with E-state index < -0.39 is 0 Å². The molecule has 2 atom stereocenters. The summed E-state index contributed by atoms with van der Waals surface area (Å²) in [6.07, 6.45) is 2.47. The van der Waals surface area contributed by atoms with E-state index in [1.165, 1.54) is 6.07 Å². The van der Waals surface area contributed by atoms with Crippen molar-refractivity contribution in [2.24, 2.45) is 5.92 Å². The van der Waals surface area contributed by atoms with Gasteiger partial charge in [0.25, 0.3) is 5.91 Å². The molecule has 6 heteroatoms. The summed E-state index contributed by atoms with van der Waals surface area (Å²) in [7, 11) is 0. The maximum atomic E-state index is 13.8. The van der Waals surface area contributed by atoms with Crippen LogP contribution in [0.4, 0.5) is 15.9 Å². The summed E-state index contributed by atoms with van der Waals surface area (Å²) < 4.78 is 13.8. The highest BCUT2D eigenvalue weighted by Crippen LogP contribution is 2.21. The number of carbonyl (C=O) groups is 1. The molecule has 2 heterocycles. The number of anilines is 2. The third kappa shape index (κ3) is 3.71. The van der Waals surface area contributed by atoms with E-state index in [9.17, 15) is 9.18 Å². The number of aromatic nitrogens is 1. The lowest BCUT2D eigenvalue weighted by Crippen LogP contribution is -2.48. The second-order valence-corrected chi connectivity index (χ2v) is 6.05. The van der Waals surface area contributed by atoms with Gasteiger partial charge in [0.1, 0.15) is 11.6 Å². The average Bonchev–Trinajstić information content (AvgIpc) is 2.59. The maximum absolute atomic E-state index is 13.8. The highest BCUT2D eigenvalue weighted by molar-refractivity contribution is 5.99. The van der Waals surface area contributed by atoms with Gasteiger partial charge in [0.15, 0.2) is 0 Å². The molecule has 0 spiro atoms. The van der Waals surface area contributed by atoms with Gasteiger partial charge < -0.3 is 16.0 Å². The summed E-state index contributed by atoms with van der Waals surface area (Å²) in [5.74, 6) is 0.131. The minimum Gasteiger partial charge on any atom is -0.349 e. The smallest absolute Gasteiger partial charge is 0.255 e. The van der Waals surface area contributed by atoms with Crippen molar-refractivity contribution in [1.82, 2.24) is 15.6 Å². The Bertz CT molecular complexity index is 722. The minimum atomic E-state index is -0.388. The lowest BCUT2D eigenvalue weighted by molar-refractivity contribution is 0.0915. The largest absolute Gasteiger partial charge is 0.349 e. The number of rotatable bonds is 4. The van der Waals surface area contributed by atoms with E-state index in [1.54, 1.807) is 36.5 Å². The van der Waals surface area contributed by atoms with Crippen molar-refractivity contribution < 1.29 is 9.18 Å². The minimum absolute atomic E-state index is 0.125. The quantitative estimate of drug-likeness (QED) is 0.807. The number of para-hydroxylation sites is 1. The van der Waals surface area contributed by atoms with Crippen molar-refractivity contribution in [3.05, 3.63) is 54.0 Å². The van der Waals surface area contributed by atoms with E-state index in [2.05, 4.69) is 27.9 Å². The number of nitrogens with one attached hydrogen (secondary N) is 3. The number of carbonyl (C=O) groups excluding carboxylic acids is 1. The van der Waals surface area contributed by atoms with Crippen molar-refractivity contribution in [3.8, 4) is 0 Å². The number of piperidine rings is 1. The molecule has 3 N–H and O–H groups in total. The average molecular weight is 328 g/mol. The summed E-state index contributed by atoms with van der Waals surface area (Å²) in [5.41, 5.74) is 0.701. The molecular weight excluding hydrogens is 307 g/mol. The summed E-state index contributed by atoms with van der Waals surface area (Å²) in [6.45, 7) is 3.89. The van der Waals surface area contributed by atoms with Crippen molar-refractivity contribution in [3.63, 3.8) is 0 Å². The fourth-order valence-electron chi connectivity index (χ4n) is 2.85. The Morgan fingerprint density at radius 3 is 2.92 bits per heavy atom. The van der Waals surface area contributed by atoms with Crippen LogP contribution in [0.1, 0.15) is 23.7 Å². The first-order chi connectivity index (χ1) is 11.6. The number of pyridine rings is 1. The Balaban J connectivity index is 1.78. The van der Waals surface area contributed by atoms with Crippen LogP contribution in [0, 0.1) is 11.7 Å². The molecule has 126 valence electrons. The van der Waals surface area contributed by atoms with Gasteiger partial charge in [-0.05, 0) is 49.7 Å². The van der Waals surface area contributed by atoms with Crippen LogP contribution in [0.2, 0.25) is 0 Å². The lowest BCUT2D eigenvalue weighted by atomic mass is 9.95. The molecule has 1 aromatic carbocycles. The van der Waals surface area contributed by atoms with Crippen molar-refractivity contribution in [2.75, 3.05) is 18.4 Å². The normalized spacial score (nSPS) is 20.4. The first-order valence-corrected chi connectivity index (χ1v) is 8.13. The first-order valence-electron chi connectivity index (χ1n) is 8.13. The summed E-state index contributed by atoms with van der Waals surface area (Å²) in [6, 6.07) is 9.84. The molecule has 2 aromatic rings. The first kappa shape index (κ1) is 16.4. The second kappa shape index (κ2) is 7.40. The third-order valence-electron chi connectivity index (χ3n) is 4.28. The number of amides is 1. The van der Waals surface area contributed by atoms with Crippen molar-refractivity contribution >= 4 is 17.4 Å². The number of benzene rings is 1. The van der Waals surface area contributed by atoms with Gasteiger partial charge in [0.2, 0.25) is 0 Å². The van der Waals surface area contributed by atoms with Crippen molar-refractivity contribution in [2.45, 2.75) is 19.4 Å². The second-order valence-electron chi connectivity index (χ2n) is 6.05. The summed E-state index contributed by atoms with van der Waals surface area (Å²) in [5, 5.41) is 9.29. The molecule has 5 nitrogen and oxygen atoms in total. The fourth-order valence-corrected chi connectivity index (χ4v) is 2.85. The summed E-state index contributed by atoms with van der Waals surface area (Å²) in [4.78, 5) is 16.8. The van der Waals surface area contributed by atoms with Gasteiger partial charge in [-0.15, -0.1) is 0 Å². The van der Waals surface area contributed by atoms with Crippen LogP contribution in [0.5, 0.6) is 0 Å². The van der Waals surface area contributed by atoms with Crippen LogP contribution >= 0.6 is 0 Å². The molecule has 0 bridgehead atoms. The number of halogens is 1. The molecule has 0 radical (unpaired) electrons. The molecule has 0 aliphatic carbocycles. The van der Waals surface area contributed by atoms with E-state index >= 15 is 0 Å². The molecule has 2 unspecified atom stereocenters. The summed E-state index contributed by atoms with van der Waals surface area (Å²) >= 11 is 0. The van der Waals surface area contributed by atoms with E-state index in [0.29, 0.717) is 23.0 Å². The zero-order valence-electron chi connectivity index (χ0n) is 13.6. The molecule has 0 saturated carbocycles. The van der Waals surface area contributed by atoms with Gasteiger partial charge in [-0.3, -0.25) is 4.79 Å². The Morgan fingerprint density at radius 1 is 1.29 bits per heavy atom. The Morgan fingerprint density at radius 2 is 2.12 bits per heavy atom. The number of hydrogen-bond donors (Lipinski definition) is 3. The van der Waals surface area contributed by atoms with Gasteiger partial charge in [-0.25, -0.2) is 9.37 Å². The van der Waals surface area contributed by atoms with Gasteiger partial charge in [0.05, 0.1) is 11.3 Å². The molecule has 3 rings (SSSR count). The van der Waals surface area contributed by atoms with Gasteiger partial charge in [-0.2, -0.15) is 0 Å². The number of nitrogens with zero attached hydrogens (tertiary/aromatic N) is 1. The predicted octanol–water partition coefficient (Wildman–Crippen LogP) is 2.69. The molecule has 1 aliphatic heterocycles. The Labute approximate surface area is 140 Å². The van der Waals surface area contributed by atoms with Gasteiger partial charge >= 0.3 is 0 Å². The fraction of sp³-hybridized carbons (Fsp3) is 0.333. The SMILES string of the molecule is CC1CNCCC1NC(=O)c1cccnc1Nc1ccccc1F. The van der Waals surface area contributed by atoms with E-state index in [0.717, 1.165) is 19.5 Å².